The third-order valence-electron chi connectivity index (χ3n) is 2.56. The van der Waals surface area contributed by atoms with Crippen LogP contribution in [0.1, 0.15) is 19.4 Å². The van der Waals surface area contributed by atoms with Gasteiger partial charge in [0.2, 0.25) is 0 Å². The molecule has 0 unspecified atom stereocenters. The van der Waals surface area contributed by atoms with E-state index in [1.165, 1.54) is 5.56 Å². The average molecular weight is 244 g/mol. The Morgan fingerprint density at radius 3 is 2.82 bits per heavy atom. The van der Waals surface area contributed by atoms with Gasteiger partial charge in [-0.25, -0.2) is 4.98 Å². The van der Waals surface area contributed by atoms with Crippen molar-refractivity contribution in [3.8, 4) is 11.3 Å². The zero-order chi connectivity index (χ0) is 12.3. The summed E-state index contributed by atoms with van der Waals surface area (Å²) in [6.07, 6.45) is 2.84. The van der Waals surface area contributed by atoms with Crippen molar-refractivity contribution in [3.05, 3.63) is 46.9 Å². The average Bonchev–Trinajstić information content (AvgIpc) is 2.28. The van der Waals surface area contributed by atoms with E-state index < -0.39 is 0 Å². The molecule has 1 heterocycles. The van der Waals surface area contributed by atoms with Gasteiger partial charge in [0.15, 0.2) is 4.77 Å². The van der Waals surface area contributed by atoms with Gasteiger partial charge in [-0.15, -0.1) is 0 Å². The molecule has 0 atom stereocenters. The minimum absolute atomic E-state index is 0.525. The van der Waals surface area contributed by atoms with Crippen molar-refractivity contribution in [2.45, 2.75) is 20.3 Å². The summed E-state index contributed by atoms with van der Waals surface area (Å²) < 4.78 is 0.525. The summed E-state index contributed by atoms with van der Waals surface area (Å²) >= 11 is 5.04. The van der Waals surface area contributed by atoms with Crippen molar-refractivity contribution in [2.24, 2.45) is 5.92 Å². The van der Waals surface area contributed by atoms with E-state index >= 15 is 0 Å². The molecule has 1 aromatic carbocycles. The molecule has 0 fully saturated rings. The van der Waals surface area contributed by atoms with Crippen LogP contribution in [0.3, 0.4) is 0 Å². The molecule has 0 saturated heterocycles. The van der Waals surface area contributed by atoms with Gasteiger partial charge < -0.3 is 4.98 Å². The lowest BCUT2D eigenvalue weighted by molar-refractivity contribution is 0.647. The van der Waals surface area contributed by atoms with Gasteiger partial charge in [-0.3, -0.25) is 0 Å². The fourth-order valence-corrected chi connectivity index (χ4v) is 2.05. The number of rotatable bonds is 3. The molecular formula is C14H16N2S. The van der Waals surface area contributed by atoms with Crippen LogP contribution in [0.5, 0.6) is 0 Å². The molecule has 0 radical (unpaired) electrons. The summed E-state index contributed by atoms with van der Waals surface area (Å²) in [6.45, 7) is 4.46. The zero-order valence-electron chi connectivity index (χ0n) is 10.1. The van der Waals surface area contributed by atoms with Crippen LogP contribution in [-0.4, -0.2) is 9.97 Å². The first-order valence-corrected chi connectivity index (χ1v) is 6.20. The van der Waals surface area contributed by atoms with Crippen LogP contribution in [0, 0.1) is 10.7 Å². The molecule has 0 aliphatic heterocycles. The largest absolute Gasteiger partial charge is 0.330 e. The number of aromatic amines is 1. The van der Waals surface area contributed by atoms with Crippen molar-refractivity contribution < 1.29 is 0 Å². The Hall–Kier alpha value is -1.48. The smallest absolute Gasteiger partial charge is 0.197 e. The summed E-state index contributed by atoms with van der Waals surface area (Å²) in [4.78, 5) is 7.10. The lowest BCUT2D eigenvalue weighted by atomic mass is 10.00. The van der Waals surface area contributed by atoms with Crippen LogP contribution < -0.4 is 0 Å². The Kier molecular flexibility index (Phi) is 3.69. The van der Waals surface area contributed by atoms with Crippen LogP contribution in [0.25, 0.3) is 11.3 Å². The summed E-state index contributed by atoms with van der Waals surface area (Å²) in [5.74, 6) is 0.668. The first-order chi connectivity index (χ1) is 8.15. The topological polar surface area (TPSA) is 28.7 Å². The molecule has 1 N–H and O–H groups in total. The fourth-order valence-electron chi connectivity index (χ4n) is 1.87. The van der Waals surface area contributed by atoms with Crippen molar-refractivity contribution in [1.29, 1.82) is 0 Å². The molecule has 17 heavy (non-hydrogen) atoms. The minimum atomic E-state index is 0.525. The number of nitrogens with one attached hydrogen (secondary N) is 1. The highest BCUT2D eigenvalue weighted by Crippen LogP contribution is 2.19. The van der Waals surface area contributed by atoms with Gasteiger partial charge in [0.25, 0.3) is 0 Å². The molecule has 0 spiro atoms. The highest BCUT2D eigenvalue weighted by atomic mass is 32.1. The monoisotopic (exact) mass is 244 g/mol. The Balaban J connectivity index is 2.36. The summed E-state index contributed by atoms with van der Waals surface area (Å²) in [7, 11) is 0. The molecule has 1 aromatic heterocycles. The quantitative estimate of drug-likeness (QED) is 0.827. The van der Waals surface area contributed by atoms with Crippen molar-refractivity contribution >= 4 is 12.2 Å². The lowest BCUT2D eigenvalue weighted by Crippen LogP contribution is -1.94. The molecule has 2 nitrogen and oxygen atoms in total. The normalized spacial score (nSPS) is 10.8. The maximum Gasteiger partial charge on any atom is 0.197 e. The van der Waals surface area contributed by atoms with Crippen LogP contribution >= 0.6 is 12.2 Å². The molecule has 0 saturated carbocycles. The Bertz CT molecular complexity index is 558. The third-order valence-corrected chi connectivity index (χ3v) is 2.76. The predicted octanol–water partition coefficient (Wildman–Crippen LogP) is 4.00. The summed E-state index contributed by atoms with van der Waals surface area (Å²) in [6, 6.07) is 10.5. The molecular weight excluding hydrogens is 228 g/mol. The fraction of sp³-hybridized carbons (Fsp3) is 0.286. The van der Waals surface area contributed by atoms with Gasteiger partial charge in [0, 0.05) is 11.9 Å². The van der Waals surface area contributed by atoms with E-state index in [1.54, 1.807) is 6.20 Å². The van der Waals surface area contributed by atoms with Crippen LogP contribution in [0.15, 0.2) is 36.5 Å². The first-order valence-electron chi connectivity index (χ1n) is 5.80. The second kappa shape index (κ2) is 5.23. The highest BCUT2D eigenvalue weighted by Gasteiger charge is 2.01. The van der Waals surface area contributed by atoms with Gasteiger partial charge in [-0.05, 0) is 47.8 Å². The molecule has 0 amide bonds. The molecule has 88 valence electrons. The first kappa shape index (κ1) is 12.0. The summed E-state index contributed by atoms with van der Waals surface area (Å²) in [5.41, 5.74) is 3.54. The molecule has 0 bridgehead atoms. The van der Waals surface area contributed by atoms with Crippen LogP contribution in [0.2, 0.25) is 0 Å². The van der Waals surface area contributed by atoms with Gasteiger partial charge in [-0.1, -0.05) is 32.0 Å². The number of benzene rings is 1. The van der Waals surface area contributed by atoms with E-state index in [1.807, 2.05) is 6.07 Å². The number of aromatic nitrogens is 2. The van der Waals surface area contributed by atoms with Gasteiger partial charge in [0.1, 0.15) is 0 Å². The van der Waals surface area contributed by atoms with Gasteiger partial charge in [0.05, 0.1) is 0 Å². The van der Waals surface area contributed by atoms with Crippen LogP contribution in [-0.2, 0) is 6.42 Å². The van der Waals surface area contributed by atoms with Crippen molar-refractivity contribution in [1.82, 2.24) is 9.97 Å². The lowest BCUT2D eigenvalue weighted by Gasteiger charge is -2.07. The molecule has 2 aromatic rings. The van der Waals surface area contributed by atoms with Crippen molar-refractivity contribution in [2.75, 3.05) is 0 Å². The third kappa shape index (κ3) is 3.24. The standard InChI is InChI=1S/C14H16N2S/c1-10(2)8-11-4-3-5-12(9-11)13-6-7-15-14(17)16-13/h3-7,9-10H,8H2,1-2H3,(H,15,16,17). The Morgan fingerprint density at radius 1 is 1.29 bits per heavy atom. The molecule has 0 aliphatic rings. The van der Waals surface area contributed by atoms with E-state index in [-0.39, 0.29) is 0 Å². The van der Waals surface area contributed by atoms with Crippen LogP contribution in [0.4, 0.5) is 0 Å². The second-order valence-corrected chi connectivity index (χ2v) is 4.97. The highest BCUT2D eigenvalue weighted by molar-refractivity contribution is 7.71. The van der Waals surface area contributed by atoms with Crippen molar-refractivity contribution in [3.63, 3.8) is 0 Å². The van der Waals surface area contributed by atoms with E-state index in [4.69, 9.17) is 12.2 Å². The molecule has 3 heteroatoms. The Morgan fingerprint density at radius 2 is 2.12 bits per heavy atom. The van der Waals surface area contributed by atoms with Gasteiger partial charge >= 0.3 is 0 Å². The predicted molar refractivity (Wildman–Crippen MR) is 73.4 cm³/mol. The number of H-pyrrole nitrogens is 1. The minimum Gasteiger partial charge on any atom is -0.330 e. The number of hydrogen-bond acceptors (Lipinski definition) is 2. The SMILES string of the molecule is CC(C)Cc1cccc(-c2ccnc(=S)[nH]2)c1. The van der Waals surface area contributed by atoms with E-state index in [9.17, 15) is 0 Å². The molecule has 0 aliphatic carbocycles. The summed E-state index contributed by atoms with van der Waals surface area (Å²) in [5, 5.41) is 0. The second-order valence-electron chi connectivity index (χ2n) is 4.59. The zero-order valence-corrected chi connectivity index (χ0v) is 10.9. The number of hydrogen-bond donors (Lipinski definition) is 1. The van der Waals surface area contributed by atoms with E-state index in [0.717, 1.165) is 17.7 Å². The maximum atomic E-state index is 5.04. The van der Waals surface area contributed by atoms with E-state index in [0.29, 0.717) is 10.7 Å². The maximum absolute atomic E-state index is 5.04. The Labute approximate surface area is 107 Å². The molecule has 2 rings (SSSR count). The van der Waals surface area contributed by atoms with Gasteiger partial charge in [-0.2, -0.15) is 0 Å². The number of nitrogens with zero attached hydrogens (tertiary/aromatic N) is 1. The van der Waals surface area contributed by atoms with E-state index in [2.05, 4.69) is 48.1 Å².